The van der Waals surface area contributed by atoms with Gasteiger partial charge in [0.1, 0.15) is 5.75 Å². The van der Waals surface area contributed by atoms with E-state index in [0.717, 1.165) is 11.1 Å². The van der Waals surface area contributed by atoms with Gasteiger partial charge >= 0.3 is 6.36 Å². The van der Waals surface area contributed by atoms with Crippen LogP contribution in [-0.4, -0.2) is 58.1 Å². The third-order valence-electron chi connectivity index (χ3n) is 6.89. The number of nitrogens with one attached hydrogen (secondary N) is 1. The van der Waals surface area contributed by atoms with Gasteiger partial charge in [-0.25, -0.2) is 9.97 Å². The number of alkyl halides is 3. The number of nitrogens with zero attached hydrogens (tertiary/aromatic N) is 4. The van der Waals surface area contributed by atoms with Crippen LogP contribution in [0.25, 0.3) is 17.0 Å². The van der Waals surface area contributed by atoms with Crippen LogP contribution >= 0.6 is 0 Å². The molecule has 0 saturated carbocycles. The van der Waals surface area contributed by atoms with E-state index >= 15 is 0 Å². The number of halogens is 3. The van der Waals surface area contributed by atoms with Crippen LogP contribution in [-0.2, 0) is 14.4 Å². The fourth-order valence-corrected chi connectivity index (χ4v) is 4.95. The zero-order valence-corrected chi connectivity index (χ0v) is 21.6. The Kier molecular flexibility index (Phi) is 7.42. The maximum Gasteiger partial charge on any atom is 0.573 e. The van der Waals surface area contributed by atoms with Crippen molar-refractivity contribution < 1.29 is 32.3 Å². The topological polar surface area (TPSA) is 105 Å². The number of amides is 3. The van der Waals surface area contributed by atoms with Crippen molar-refractivity contribution in [2.45, 2.75) is 45.0 Å². The minimum Gasteiger partial charge on any atom is -0.406 e. The molecule has 3 heterocycles. The van der Waals surface area contributed by atoms with Gasteiger partial charge in [-0.3, -0.25) is 19.3 Å². The van der Waals surface area contributed by atoms with Crippen molar-refractivity contribution in [2.75, 3.05) is 23.3 Å². The average molecular weight is 554 g/mol. The smallest absolute Gasteiger partial charge is 0.406 e. The molecule has 0 atom stereocenters. The van der Waals surface area contributed by atoms with Gasteiger partial charge in [-0.05, 0) is 61.7 Å². The standard InChI is InChI=1S/C28H26F3N5O4/c1-17-22-16-19(33-24(37)9-4-18-2-6-21(7-3-18)40-28(29,30)31)5-8-23(22)34-27(32-17)35-14-12-20(13-15-35)36-25(38)10-11-26(36)39/h2-9,16,20H,10-15H2,1H3,(H,33,37)/b9-4+. The summed E-state index contributed by atoms with van der Waals surface area (Å²) < 4.78 is 40.7. The number of hydrogen-bond acceptors (Lipinski definition) is 7. The van der Waals surface area contributed by atoms with Gasteiger partial charge in [0.15, 0.2) is 0 Å². The van der Waals surface area contributed by atoms with Crippen molar-refractivity contribution >= 4 is 46.3 Å². The predicted octanol–water partition coefficient (Wildman–Crippen LogP) is 4.61. The summed E-state index contributed by atoms with van der Waals surface area (Å²) in [5, 5.41) is 3.54. The number of aryl methyl sites for hydroxylation is 1. The van der Waals surface area contributed by atoms with Gasteiger partial charge in [0.2, 0.25) is 23.7 Å². The molecule has 40 heavy (non-hydrogen) atoms. The molecule has 1 aromatic heterocycles. The second kappa shape index (κ2) is 10.9. The molecule has 0 spiro atoms. The van der Waals surface area contributed by atoms with E-state index in [4.69, 9.17) is 4.98 Å². The molecule has 2 aromatic carbocycles. The number of anilines is 2. The van der Waals surface area contributed by atoms with Crippen LogP contribution in [0.1, 0.15) is 36.9 Å². The summed E-state index contributed by atoms with van der Waals surface area (Å²) in [7, 11) is 0. The highest BCUT2D eigenvalue weighted by Crippen LogP contribution is 2.28. The summed E-state index contributed by atoms with van der Waals surface area (Å²) in [6, 6.07) is 10.4. The molecule has 1 N–H and O–H groups in total. The maximum absolute atomic E-state index is 12.4. The zero-order chi connectivity index (χ0) is 28.4. The number of benzene rings is 2. The summed E-state index contributed by atoms with van der Waals surface area (Å²) in [6.45, 7) is 3.12. The quantitative estimate of drug-likeness (QED) is 0.351. The number of rotatable bonds is 6. The molecular weight excluding hydrogens is 527 g/mol. The first-order valence-electron chi connectivity index (χ1n) is 12.8. The van der Waals surface area contributed by atoms with Gasteiger partial charge in [-0.2, -0.15) is 0 Å². The van der Waals surface area contributed by atoms with Crippen LogP contribution in [0.2, 0.25) is 0 Å². The van der Waals surface area contributed by atoms with Crippen LogP contribution in [0.5, 0.6) is 5.75 Å². The Hall–Kier alpha value is -4.48. The first-order chi connectivity index (χ1) is 19.1. The highest BCUT2D eigenvalue weighted by molar-refractivity contribution is 6.03. The molecule has 0 aliphatic carbocycles. The number of carbonyl (C=O) groups is 3. The van der Waals surface area contributed by atoms with Crippen LogP contribution in [0.3, 0.4) is 0 Å². The van der Waals surface area contributed by atoms with E-state index in [-0.39, 0.29) is 23.6 Å². The normalized spacial score (nSPS) is 16.8. The Bertz CT molecular complexity index is 1470. The molecule has 0 bridgehead atoms. The molecule has 0 unspecified atom stereocenters. The van der Waals surface area contributed by atoms with Crippen LogP contribution in [0.4, 0.5) is 24.8 Å². The molecule has 9 nitrogen and oxygen atoms in total. The molecule has 5 rings (SSSR count). The number of hydrogen-bond donors (Lipinski definition) is 1. The summed E-state index contributed by atoms with van der Waals surface area (Å²) in [4.78, 5) is 49.4. The van der Waals surface area contributed by atoms with Crippen molar-refractivity contribution in [3.05, 3.63) is 59.8 Å². The molecule has 2 fully saturated rings. The van der Waals surface area contributed by atoms with Crippen molar-refractivity contribution in [1.29, 1.82) is 0 Å². The van der Waals surface area contributed by atoms with Gasteiger partial charge in [0.25, 0.3) is 0 Å². The highest BCUT2D eigenvalue weighted by atomic mass is 19.4. The van der Waals surface area contributed by atoms with Gasteiger partial charge in [0.05, 0.1) is 11.2 Å². The molecule has 2 aliphatic rings. The summed E-state index contributed by atoms with van der Waals surface area (Å²) in [6.07, 6.45) is -0.0801. The van der Waals surface area contributed by atoms with Crippen LogP contribution in [0.15, 0.2) is 48.5 Å². The third-order valence-corrected chi connectivity index (χ3v) is 6.89. The molecule has 12 heteroatoms. The van der Waals surface area contributed by atoms with Gasteiger partial charge < -0.3 is 15.0 Å². The number of likely N-dealkylation sites (tertiary alicyclic amines) is 1. The second-order valence-corrected chi connectivity index (χ2v) is 9.66. The molecule has 208 valence electrons. The number of imide groups is 1. The minimum atomic E-state index is -4.77. The highest BCUT2D eigenvalue weighted by Gasteiger charge is 2.37. The lowest BCUT2D eigenvalue weighted by Gasteiger charge is -2.35. The van der Waals surface area contributed by atoms with E-state index in [9.17, 15) is 27.6 Å². The van der Waals surface area contributed by atoms with E-state index < -0.39 is 12.3 Å². The van der Waals surface area contributed by atoms with Crippen molar-refractivity contribution in [2.24, 2.45) is 0 Å². The van der Waals surface area contributed by atoms with Crippen molar-refractivity contribution in [3.63, 3.8) is 0 Å². The lowest BCUT2D eigenvalue weighted by molar-refractivity contribution is -0.274. The Morgan fingerprint density at radius 1 is 1.02 bits per heavy atom. The third kappa shape index (κ3) is 6.22. The average Bonchev–Trinajstić information content (AvgIpc) is 3.25. The fourth-order valence-electron chi connectivity index (χ4n) is 4.95. The lowest BCUT2D eigenvalue weighted by atomic mass is 10.0. The van der Waals surface area contributed by atoms with Crippen LogP contribution in [0, 0.1) is 6.92 Å². The van der Waals surface area contributed by atoms with E-state index in [1.54, 1.807) is 18.2 Å². The summed E-state index contributed by atoms with van der Waals surface area (Å²) >= 11 is 0. The predicted molar refractivity (Wildman–Crippen MR) is 141 cm³/mol. The molecular formula is C28H26F3N5O4. The van der Waals surface area contributed by atoms with Crippen molar-refractivity contribution in [3.8, 4) is 5.75 Å². The van der Waals surface area contributed by atoms with E-state index in [1.807, 2.05) is 6.92 Å². The van der Waals surface area contributed by atoms with Crippen LogP contribution < -0.4 is 15.0 Å². The largest absolute Gasteiger partial charge is 0.573 e. The monoisotopic (exact) mass is 553 g/mol. The summed E-state index contributed by atoms with van der Waals surface area (Å²) in [5.74, 6) is -0.357. The Morgan fingerprint density at radius 2 is 1.70 bits per heavy atom. The van der Waals surface area contributed by atoms with Gasteiger partial charge in [-0.15, -0.1) is 13.2 Å². The number of piperidine rings is 1. The SMILES string of the molecule is Cc1nc(N2CCC(N3C(=O)CCC3=O)CC2)nc2ccc(NC(=O)/C=C/c3ccc(OC(F)(F)F)cc3)cc12. The molecule has 3 amide bonds. The van der Waals surface area contributed by atoms with Gasteiger partial charge in [0, 0.05) is 49.1 Å². The van der Waals surface area contributed by atoms with Crippen molar-refractivity contribution in [1.82, 2.24) is 14.9 Å². The number of aromatic nitrogens is 2. The first-order valence-corrected chi connectivity index (χ1v) is 12.8. The number of carbonyl (C=O) groups excluding carboxylic acids is 3. The molecule has 2 aliphatic heterocycles. The second-order valence-electron chi connectivity index (χ2n) is 9.66. The maximum atomic E-state index is 12.4. The number of ether oxygens (including phenoxy) is 1. The van der Waals surface area contributed by atoms with Gasteiger partial charge in [-0.1, -0.05) is 12.1 Å². The fraction of sp³-hybridized carbons (Fsp3) is 0.321. The summed E-state index contributed by atoms with van der Waals surface area (Å²) in [5.41, 5.74) is 2.52. The Balaban J connectivity index is 1.21. The van der Waals surface area contributed by atoms with E-state index in [0.29, 0.717) is 61.5 Å². The molecule has 0 radical (unpaired) electrons. The van der Waals surface area contributed by atoms with E-state index in [1.165, 1.54) is 41.3 Å². The Morgan fingerprint density at radius 3 is 2.35 bits per heavy atom. The molecule has 2 saturated heterocycles. The lowest BCUT2D eigenvalue weighted by Crippen LogP contribution is -2.47. The number of fused-ring (bicyclic) bond motifs is 1. The first kappa shape index (κ1) is 27.1. The minimum absolute atomic E-state index is 0.0803. The van der Waals surface area contributed by atoms with E-state index in [2.05, 4.69) is 19.9 Å². The molecule has 3 aromatic rings. The Labute approximate surface area is 227 Å². The zero-order valence-electron chi connectivity index (χ0n) is 21.6.